The van der Waals surface area contributed by atoms with Gasteiger partial charge in [-0.05, 0) is 44.2 Å². The lowest BCUT2D eigenvalue weighted by atomic mass is 9.94. The van der Waals surface area contributed by atoms with Crippen LogP contribution in [-0.4, -0.2) is 44.3 Å². The molecule has 3 heteroatoms. The van der Waals surface area contributed by atoms with Gasteiger partial charge in [0.15, 0.2) is 0 Å². The highest BCUT2D eigenvalue weighted by atomic mass is 16.5. The molecule has 0 bridgehead atoms. The molecule has 1 aliphatic heterocycles. The highest BCUT2D eigenvalue weighted by Gasteiger charge is 2.13. The topological polar surface area (TPSA) is 38.5 Å². The summed E-state index contributed by atoms with van der Waals surface area (Å²) in [5.41, 5.74) is 5.82. The van der Waals surface area contributed by atoms with E-state index in [1.54, 1.807) is 0 Å². The van der Waals surface area contributed by atoms with Crippen LogP contribution in [0.3, 0.4) is 0 Å². The molecule has 1 fully saturated rings. The van der Waals surface area contributed by atoms with Crippen molar-refractivity contribution in [3.63, 3.8) is 0 Å². The molecule has 1 atom stereocenters. The maximum Gasteiger partial charge on any atom is 0.0593 e. The van der Waals surface area contributed by atoms with Gasteiger partial charge in [-0.25, -0.2) is 0 Å². The van der Waals surface area contributed by atoms with Crippen molar-refractivity contribution in [2.75, 3.05) is 39.4 Å². The predicted octanol–water partition coefficient (Wildman–Crippen LogP) is 1.72. The SMILES string of the molecule is CC(C)CC(CN)CCN1CCCOCC1. The minimum absolute atomic E-state index is 0.698. The van der Waals surface area contributed by atoms with Gasteiger partial charge < -0.3 is 15.4 Å². The molecule has 0 aromatic carbocycles. The van der Waals surface area contributed by atoms with Crippen LogP contribution < -0.4 is 5.73 Å². The summed E-state index contributed by atoms with van der Waals surface area (Å²) in [5.74, 6) is 1.46. The average molecular weight is 228 g/mol. The second-order valence-electron chi connectivity index (χ2n) is 5.33. The molecule has 1 unspecified atom stereocenters. The lowest BCUT2D eigenvalue weighted by Gasteiger charge is -2.23. The summed E-state index contributed by atoms with van der Waals surface area (Å²) >= 11 is 0. The van der Waals surface area contributed by atoms with Gasteiger partial charge in [0.05, 0.1) is 6.61 Å². The van der Waals surface area contributed by atoms with Crippen LogP contribution in [0.2, 0.25) is 0 Å². The van der Waals surface area contributed by atoms with Gasteiger partial charge in [0.25, 0.3) is 0 Å². The summed E-state index contributed by atoms with van der Waals surface area (Å²) in [5, 5.41) is 0. The fourth-order valence-electron chi connectivity index (χ4n) is 2.39. The molecule has 0 amide bonds. The Morgan fingerprint density at radius 1 is 1.25 bits per heavy atom. The van der Waals surface area contributed by atoms with Gasteiger partial charge in [-0.3, -0.25) is 0 Å². The first kappa shape index (κ1) is 13.9. The van der Waals surface area contributed by atoms with E-state index in [1.807, 2.05) is 0 Å². The second kappa shape index (κ2) is 8.04. The lowest BCUT2D eigenvalue weighted by molar-refractivity contribution is 0.140. The molecular weight excluding hydrogens is 200 g/mol. The predicted molar refractivity (Wildman–Crippen MR) is 68.5 cm³/mol. The lowest BCUT2D eigenvalue weighted by Crippen LogP contribution is -2.30. The summed E-state index contributed by atoms with van der Waals surface area (Å²) in [6.45, 7) is 10.7. The van der Waals surface area contributed by atoms with E-state index in [-0.39, 0.29) is 0 Å². The van der Waals surface area contributed by atoms with E-state index in [9.17, 15) is 0 Å². The van der Waals surface area contributed by atoms with Gasteiger partial charge in [0.2, 0.25) is 0 Å². The van der Waals surface area contributed by atoms with E-state index in [2.05, 4.69) is 18.7 Å². The van der Waals surface area contributed by atoms with Gasteiger partial charge in [-0.2, -0.15) is 0 Å². The number of hydrogen-bond donors (Lipinski definition) is 1. The van der Waals surface area contributed by atoms with Crippen molar-refractivity contribution in [2.45, 2.75) is 33.1 Å². The third-order valence-corrected chi connectivity index (χ3v) is 3.31. The minimum Gasteiger partial charge on any atom is -0.380 e. The van der Waals surface area contributed by atoms with Crippen LogP contribution in [0, 0.1) is 11.8 Å². The summed E-state index contributed by atoms with van der Waals surface area (Å²) < 4.78 is 5.46. The summed E-state index contributed by atoms with van der Waals surface area (Å²) in [4.78, 5) is 2.52. The van der Waals surface area contributed by atoms with Crippen LogP contribution in [-0.2, 0) is 4.74 Å². The molecule has 3 nitrogen and oxygen atoms in total. The van der Waals surface area contributed by atoms with Gasteiger partial charge in [-0.15, -0.1) is 0 Å². The van der Waals surface area contributed by atoms with Crippen molar-refractivity contribution in [3.8, 4) is 0 Å². The molecular formula is C13H28N2O. The standard InChI is InChI=1S/C13H28N2O/c1-12(2)10-13(11-14)4-6-15-5-3-8-16-9-7-15/h12-13H,3-11,14H2,1-2H3. The van der Waals surface area contributed by atoms with E-state index in [0.29, 0.717) is 5.92 Å². The number of nitrogens with zero attached hydrogens (tertiary/aromatic N) is 1. The first-order valence-electron chi connectivity index (χ1n) is 6.72. The van der Waals surface area contributed by atoms with Crippen molar-refractivity contribution in [1.82, 2.24) is 4.90 Å². The summed E-state index contributed by atoms with van der Waals surface area (Å²) in [6.07, 6.45) is 3.69. The van der Waals surface area contributed by atoms with Gasteiger partial charge in [-0.1, -0.05) is 13.8 Å². The molecule has 96 valence electrons. The summed E-state index contributed by atoms with van der Waals surface area (Å²) in [6, 6.07) is 0. The molecule has 0 aliphatic carbocycles. The zero-order chi connectivity index (χ0) is 11.8. The van der Waals surface area contributed by atoms with Crippen LogP contribution in [0.5, 0.6) is 0 Å². The zero-order valence-corrected chi connectivity index (χ0v) is 11.0. The van der Waals surface area contributed by atoms with E-state index in [0.717, 1.165) is 32.2 Å². The third kappa shape index (κ3) is 5.83. The Labute approximate surface area is 100 Å². The molecule has 1 rings (SSSR count). The highest BCUT2D eigenvalue weighted by molar-refractivity contribution is 4.67. The first-order valence-corrected chi connectivity index (χ1v) is 6.72. The van der Waals surface area contributed by atoms with Crippen molar-refractivity contribution in [1.29, 1.82) is 0 Å². The van der Waals surface area contributed by atoms with Crippen LogP contribution in [0.1, 0.15) is 33.1 Å². The largest absolute Gasteiger partial charge is 0.380 e. The molecule has 1 heterocycles. The molecule has 1 aliphatic rings. The van der Waals surface area contributed by atoms with Crippen LogP contribution in [0.4, 0.5) is 0 Å². The highest BCUT2D eigenvalue weighted by Crippen LogP contribution is 2.15. The smallest absolute Gasteiger partial charge is 0.0593 e. The van der Waals surface area contributed by atoms with Crippen molar-refractivity contribution >= 4 is 0 Å². The maximum absolute atomic E-state index is 5.82. The van der Waals surface area contributed by atoms with Crippen molar-refractivity contribution in [2.24, 2.45) is 17.6 Å². The maximum atomic E-state index is 5.82. The normalized spacial score (nSPS) is 21.0. The van der Waals surface area contributed by atoms with E-state index in [1.165, 1.54) is 32.4 Å². The Balaban J connectivity index is 2.19. The van der Waals surface area contributed by atoms with Crippen LogP contribution in [0.15, 0.2) is 0 Å². The molecule has 0 saturated carbocycles. The Bertz CT molecular complexity index is 163. The molecule has 0 aromatic rings. The number of nitrogens with two attached hydrogens (primary N) is 1. The van der Waals surface area contributed by atoms with E-state index in [4.69, 9.17) is 10.5 Å². The Hall–Kier alpha value is -0.120. The van der Waals surface area contributed by atoms with Crippen molar-refractivity contribution < 1.29 is 4.74 Å². The summed E-state index contributed by atoms with van der Waals surface area (Å²) in [7, 11) is 0. The minimum atomic E-state index is 0.698. The number of hydrogen-bond acceptors (Lipinski definition) is 3. The monoisotopic (exact) mass is 228 g/mol. The number of rotatable bonds is 6. The Morgan fingerprint density at radius 3 is 2.75 bits per heavy atom. The average Bonchev–Trinajstić information content (AvgIpc) is 2.52. The molecule has 0 radical (unpaired) electrons. The Morgan fingerprint density at radius 2 is 2.06 bits per heavy atom. The van der Waals surface area contributed by atoms with Gasteiger partial charge in [0.1, 0.15) is 0 Å². The molecule has 0 aromatic heterocycles. The molecule has 0 spiro atoms. The molecule has 2 N–H and O–H groups in total. The number of ether oxygens (including phenoxy) is 1. The van der Waals surface area contributed by atoms with E-state index < -0.39 is 0 Å². The quantitative estimate of drug-likeness (QED) is 0.752. The molecule has 16 heavy (non-hydrogen) atoms. The zero-order valence-electron chi connectivity index (χ0n) is 11.0. The van der Waals surface area contributed by atoms with Crippen LogP contribution >= 0.6 is 0 Å². The van der Waals surface area contributed by atoms with Crippen LogP contribution in [0.25, 0.3) is 0 Å². The second-order valence-corrected chi connectivity index (χ2v) is 5.33. The fraction of sp³-hybridized carbons (Fsp3) is 1.00. The fourth-order valence-corrected chi connectivity index (χ4v) is 2.39. The van der Waals surface area contributed by atoms with Gasteiger partial charge >= 0.3 is 0 Å². The van der Waals surface area contributed by atoms with Crippen molar-refractivity contribution in [3.05, 3.63) is 0 Å². The first-order chi connectivity index (χ1) is 7.72. The van der Waals surface area contributed by atoms with E-state index >= 15 is 0 Å². The van der Waals surface area contributed by atoms with Gasteiger partial charge in [0, 0.05) is 19.7 Å². The molecule has 1 saturated heterocycles. The third-order valence-electron chi connectivity index (χ3n) is 3.31. The Kier molecular flexibility index (Phi) is 7.01.